The Balaban J connectivity index is 2.29. The summed E-state index contributed by atoms with van der Waals surface area (Å²) >= 11 is 15.2. The number of ether oxygens (including phenoxy) is 3. The van der Waals surface area contributed by atoms with Crippen LogP contribution in [0.15, 0.2) is 40.4 Å². The summed E-state index contributed by atoms with van der Waals surface area (Å²) in [5.74, 6) is -0.490. The highest BCUT2D eigenvalue weighted by Gasteiger charge is 2.15. The number of halogens is 3. The van der Waals surface area contributed by atoms with Crippen LogP contribution >= 0.6 is 39.1 Å². The Hall–Kier alpha value is -2.73. The Labute approximate surface area is 204 Å². The minimum Gasteiger partial charge on any atom is -0.490 e. The average Bonchev–Trinajstić information content (AvgIpc) is 2.75. The van der Waals surface area contributed by atoms with Gasteiger partial charge in [0.25, 0.3) is 5.91 Å². The van der Waals surface area contributed by atoms with E-state index < -0.39 is 11.9 Å². The minimum absolute atomic E-state index is 0.153. The fraction of sp³-hybridized carbons (Fsp3) is 0.227. The van der Waals surface area contributed by atoms with E-state index >= 15 is 0 Å². The number of benzene rings is 2. The third-order valence-electron chi connectivity index (χ3n) is 3.86. The van der Waals surface area contributed by atoms with Gasteiger partial charge in [-0.3, -0.25) is 4.79 Å². The molecule has 0 saturated heterocycles. The quantitative estimate of drug-likeness (QED) is 0.250. The third-order valence-corrected chi connectivity index (χ3v) is 5.28. The molecule has 168 valence electrons. The van der Waals surface area contributed by atoms with Gasteiger partial charge in [-0.05, 0) is 55.8 Å². The van der Waals surface area contributed by atoms with Crippen molar-refractivity contribution in [2.45, 2.75) is 13.8 Å². The summed E-state index contributed by atoms with van der Waals surface area (Å²) in [5.41, 5.74) is 0.736. The summed E-state index contributed by atoms with van der Waals surface area (Å²) in [5, 5.41) is 12.7. The van der Waals surface area contributed by atoms with Crippen LogP contribution in [0, 0.1) is 11.3 Å². The van der Waals surface area contributed by atoms with Gasteiger partial charge < -0.3 is 19.5 Å². The molecule has 1 N–H and O–H groups in total. The van der Waals surface area contributed by atoms with Crippen molar-refractivity contribution >= 4 is 62.8 Å². The zero-order chi connectivity index (χ0) is 23.7. The number of nitrogens with zero attached hydrogens (tertiary/aromatic N) is 1. The van der Waals surface area contributed by atoms with Crippen LogP contribution in [0.5, 0.6) is 11.5 Å². The molecular formula is C22H19BrCl2N2O5. The van der Waals surface area contributed by atoms with Gasteiger partial charge in [0.05, 0.1) is 23.3 Å². The fourth-order valence-corrected chi connectivity index (χ4v) is 3.19. The molecule has 10 heteroatoms. The number of hydrogen-bond acceptors (Lipinski definition) is 6. The summed E-state index contributed by atoms with van der Waals surface area (Å²) < 4.78 is 16.5. The molecule has 0 radical (unpaired) electrons. The highest BCUT2D eigenvalue weighted by Crippen LogP contribution is 2.35. The molecule has 0 fully saturated rings. The molecule has 0 saturated carbocycles. The van der Waals surface area contributed by atoms with Gasteiger partial charge in [0, 0.05) is 10.2 Å². The van der Waals surface area contributed by atoms with E-state index in [1.165, 1.54) is 18.2 Å². The van der Waals surface area contributed by atoms with Crippen molar-refractivity contribution < 1.29 is 23.8 Å². The van der Waals surface area contributed by atoms with Crippen molar-refractivity contribution in [1.29, 1.82) is 5.26 Å². The van der Waals surface area contributed by atoms with Crippen molar-refractivity contribution in [3.63, 3.8) is 0 Å². The van der Waals surface area contributed by atoms with Crippen LogP contribution < -0.4 is 14.8 Å². The summed E-state index contributed by atoms with van der Waals surface area (Å²) in [6, 6.07) is 9.65. The molecule has 7 nitrogen and oxygen atoms in total. The lowest BCUT2D eigenvalue weighted by Gasteiger charge is -2.14. The summed E-state index contributed by atoms with van der Waals surface area (Å²) in [6.07, 6.45) is 1.40. The van der Waals surface area contributed by atoms with Gasteiger partial charge in [-0.1, -0.05) is 39.1 Å². The summed E-state index contributed by atoms with van der Waals surface area (Å²) in [4.78, 5) is 24.2. The molecule has 0 spiro atoms. The van der Waals surface area contributed by atoms with E-state index in [1.807, 2.05) is 6.07 Å². The van der Waals surface area contributed by atoms with Gasteiger partial charge in [-0.15, -0.1) is 0 Å². The van der Waals surface area contributed by atoms with E-state index in [1.54, 1.807) is 32.0 Å². The second-order valence-electron chi connectivity index (χ2n) is 6.10. The Kier molecular flexibility index (Phi) is 9.85. The van der Waals surface area contributed by atoms with Gasteiger partial charge in [0.15, 0.2) is 18.1 Å². The monoisotopic (exact) mass is 540 g/mol. The number of esters is 1. The van der Waals surface area contributed by atoms with Gasteiger partial charge in [-0.2, -0.15) is 5.26 Å². The molecule has 0 atom stereocenters. The van der Waals surface area contributed by atoms with Crippen molar-refractivity contribution in [3.8, 4) is 17.6 Å². The first-order valence-corrected chi connectivity index (χ1v) is 11.0. The van der Waals surface area contributed by atoms with E-state index in [2.05, 4.69) is 21.2 Å². The van der Waals surface area contributed by atoms with E-state index in [4.69, 9.17) is 37.4 Å². The molecular weight excluding hydrogens is 523 g/mol. The molecule has 2 rings (SSSR count). The predicted molar refractivity (Wildman–Crippen MR) is 126 cm³/mol. The van der Waals surface area contributed by atoms with Crippen molar-refractivity contribution in [2.24, 2.45) is 0 Å². The maximum atomic E-state index is 12.6. The topological polar surface area (TPSA) is 97.7 Å². The van der Waals surface area contributed by atoms with E-state index in [0.29, 0.717) is 38.9 Å². The highest BCUT2D eigenvalue weighted by molar-refractivity contribution is 9.10. The Bertz CT molecular complexity index is 1080. The number of rotatable bonds is 9. The van der Waals surface area contributed by atoms with E-state index in [9.17, 15) is 14.9 Å². The maximum Gasteiger partial charge on any atom is 0.344 e. The van der Waals surface area contributed by atoms with Gasteiger partial charge in [0.1, 0.15) is 11.6 Å². The van der Waals surface area contributed by atoms with Crippen molar-refractivity contribution in [2.75, 3.05) is 25.1 Å². The van der Waals surface area contributed by atoms with Crippen LogP contribution in [0.3, 0.4) is 0 Å². The SMILES string of the molecule is CCOC(=O)COc1cc(Br)c(/C=C(\C#N)C(=O)Nc2ccc(Cl)c(Cl)c2)cc1OCC. The maximum absolute atomic E-state index is 12.6. The number of carbonyl (C=O) groups excluding carboxylic acids is 2. The van der Waals surface area contributed by atoms with Gasteiger partial charge in [0.2, 0.25) is 0 Å². The predicted octanol–water partition coefficient (Wildman–Crippen LogP) is 5.64. The Morgan fingerprint density at radius 1 is 1.09 bits per heavy atom. The molecule has 2 aromatic rings. The van der Waals surface area contributed by atoms with Crippen LogP contribution in [-0.2, 0) is 14.3 Å². The van der Waals surface area contributed by atoms with Crippen molar-refractivity contribution in [1.82, 2.24) is 0 Å². The molecule has 32 heavy (non-hydrogen) atoms. The number of hydrogen-bond donors (Lipinski definition) is 1. The molecule has 0 unspecified atom stereocenters. The highest BCUT2D eigenvalue weighted by atomic mass is 79.9. The standard InChI is InChI=1S/C22H19BrCl2N2O5/c1-3-30-19-8-13(16(23)10-20(19)32-12-21(28)31-4-2)7-14(11-26)22(29)27-15-5-6-17(24)18(25)9-15/h5-10H,3-4,12H2,1-2H3,(H,27,29)/b14-7+. The van der Waals surface area contributed by atoms with E-state index in [-0.39, 0.29) is 23.8 Å². The number of nitrogens with one attached hydrogen (secondary N) is 1. The molecule has 1 amide bonds. The second-order valence-corrected chi connectivity index (χ2v) is 7.77. The molecule has 2 aromatic carbocycles. The number of carbonyl (C=O) groups is 2. The van der Waals surface area contributed by atoms with E-state index in [0.717, 1.165) is 0 Å². The Morgan fingerprint density at radius 2 is 1.81 bits per heavy atom. The lowest BCUT2D eigenvalue weighted by molar-refractivity contribution is -0.145. The molecule has 0 aliphatic carbocycles. The first kappa shape index (κ1) is 25.5. The number of anilines is 1. The van der Waals surface area contributed by atoms with Crippen LogP contribution in [-0.4, -0.2) is 31.7 Å². The second kappa shape index (κ2) is 12.3. The first-order valence-electron chi connectivity index (χ1n) is 9.42. The first-order chi connectivity index (χ1) is 15.3. The molecule has 0 aliphatic heterocycles. The number of nitriles is 1. The third kappa shape index (κ3) is 7.16. The van der Waals surface area contributed by atoms with Crippen LogP contribution in [0.4, 0.5) is 5.69 Å². The fourth-order valence-electron chi connectivity index (χ4n) is 2.46. The smallest absolute Gasteiger partial charge is 0.344 e. The molecule has 0 bridgehead atoms. The van der Waals surface area contributed by atoms with Crippen LogP contribution in [0.1, 0.15) is 19.4 Å². The Morgan fingerprint density at radius 3 is 2.44 bits per heavy atom. The van der Waals surface area contributed by atoms with Crippen LogP contribution in [0.2, 0.25) is 10.0 Å². The zero-order valence-electron chi connectivity index (χ0n) is 17.2. The normalized spacial score (nSPS) is 10.8. The number of amides is 1. The molecule has 0 aliphatic rings. The zero-order valence-corrected chi connectivity index (χ0v) is 20.3. The average molecular weight is 542 g/mol. The summed E-state index contributed by atoms with van der Waals surface area (Å²) in [6.45, 7) is 3.79. The van der Waals surface area contributed by atoms with Gasteiger partial charge in [-0.25, -0.2) is 4.79 Å². The lowest BCUT2D eigenvalue weighted by Crippen LogP contribution is -2.15. The largest absolute Gasteiger partial charge is 0.490 e. The van der Waals surface area contributed by atoms with Crippen molar-refractivity contribution in [3.05, 3.63) is 56.0 Å². The van der Waals surface area contributed by atoms with Crippen LogP contribution in [0.25, 0.3) is 6.08 Å². The van der Waals surface area contributed by atoms with Gasteiger partial charge >= 0.3 is 5.97 Å². The molecule has 0 heterocycles. The molecule has 0 aromatic heterocycles. The minimum atomic E-state index is -0.626. The summed E-state index contributed by atoms with van der Waals surface area (Å²) in [7, 11) is 0. The lowest BCUT2D eigenvalue weighted by atomic mass is 10.1.